The smallest absolute Gasteiger partial charge is 0.128 e. The van der Waals surface area contributed by atoms with Crippen molar-refractivity contribution < 1.29 is 9.13 Å². The van der Waals surface area contributed by atoms with Crippen LogP contribution >= 0.6 is 0 Å². The number of benzene rings is 1. The van der Waals surface area contributed by atoms with E-state index in [0.29, 0.717) is 18.8 Å². The number of ether oxygens (including phenoxy) is 1. The van der Waals surface area contributed by atoms with Crippen LogP contribution in [0.1, 0.15) is 23.7 Å². The summed E-state index contributed by atoms with van der Waals surface area (Å²) in [6.45, 7) is 5.92. The van der Waals surface area contributed by atoms with Gasteiger partial charge < -0.3 is 10.1 Å². The lowest BCUT2D eigenvalue weighted by atomic mass is 10.0. The standard InChI is InChI=1S/C15H17FN2O/c1-3-17-15-10-6-9(2)12(16)7-14(10)18-13-4-5-19-8-11(13)15/h6-7H,3-5,8H2,1-2H3,(H,17,18). The number of anilines is 1. The Bertz CT molecular complexity index is 640. The quantitative estimate of drug-likeness (QED) is 0.900. The molecule has 0 aliphatic carbocycles. The number of fused-ring (bicyclic) bond motifs is 2. The van der Waals surface area contributed by atoms with Crippen molar-refractivity contribution in [2.24, 2.45) is 0 Å². The molecule has 1 aromatic carbocycles. The highest BCUT2D eigenvalue weighted by atomic mass is 19.1. The molecule has 0 unspecified atom stereocenters. The van der Waals surface area contributed by atoms with E-state index in [0.717, 1.165) is 40.8 Å². The van der Waals surface area contributed by atoms with Gasteiger partial charge in [0.25, 0.3) is 0 Å². The van der Waals surface area contributed by atoms with Gasteiger partial charge in [-0.05, 0) is 25.5 Å². The van der Waals surface area contributed by atoms with Crippen molar-refractivity contribution in [1.29, 1.82) is 0 Å². The Morgan fingerprint density at radius 1 is 1.42 bits per heavy atom. The molecule has 0 saturated heterocycles. The van der Waals surface area contributed by atoms with Gasteiger partial charge in [0, 0.05) is 30.0 Å². The molecule has 0 saturated carbocycles. The van der Waals surface area contributed by atoms with E-state index in [1.165, 1.54) is 6.07 Å². The molecule has 2 aromatic rings. The SMILES string of the molecule is CCNc1c2c(nc3cc(F)c(C)cc13)CCOC2. The van der Waals surface area contributed by atoms with Crippen LogP contribution in [0.5, 0.6) is 0 Å². The van der Waals surface area contributed by atoms with Crippen LogP contribution in [0.2, 0.25) is 0 Å². The highest BCUT2D eigenvalue weighted by Crippen LogP contribution is 2.32. The molecule has 0 radical (unpaired) electrons. The van der Waals surface area contributed by atoms with E-state index >= 15 is 0 Å². The maximum atomic E-state index is 13.7. The maximum absolute atomic E-state index is 13.7. The molecule has 3 nitrogen and oxygen atoms in total. The zero-order chi connectivity index (χ0) is 13.4. The van der Waals surface area contributed by atoms with Crippen LogP contribution in [0, 0.1) is 12.7 Å². The summed E-state index contributed by atoms with van der Waals surface area (Å²) in [7, 11) is 0. The maximum Gasteiger partial charge on any atom is 0.128 e. The molecular formula is C15H17FN2O. The molecule has 1 aliphatic heterocycles. The van der Waals surface area contributed by atoms with E-state index in [4.69, 9.17) is 4.74 Å². The first-order valence-corrected chi connectivity index (χ1v) is 6.64. The van der Waals surface area contributed by atoms with Gasteiger partial charge >= 0.3 is 0 Å². The van der Waals surface area contributed by atoms with Gasteiger partial charge in [0.15, 0.2) is 0 Å². The third-order valence-corrected chi connectivity index (χ3v) is 3.53. The summed E-state index contributed by atoms with van der Waals surface area (Å²) < 4.78 is 19.2. The van der Waals surface area contributed by atoms with Crippen molar-refractivity contribution in [3.8, 4) is 0 Å². The van der Waals surface area contributed by atoms with Gasteiger partial charge in [-0.15, -0.1) is 0 Å². The number of aromatic nitrogens is 1. The lowest BCUT2D eigenvalue weighted by Crippen LogP contribution is -2.15. The molecule has 0 bridgehead atoms. The van der Waals surface area contributed by atoms with Gasteiger partial charge in [0.2, 0.25) is 0 Å². The predicted octanol–water partition coefficient (Wildman–Crippen LogP) is 3.19. The number of halogens is 1. The number of hydrogen-bond acceptors (Lipinski definition) is 3. The minimum Gasteiger partial charge on any atom is -0.384 e. The minimum absolute atomic E-state index is 0.200. The van der Waals surface area contributed by atoms with Gasteiger partial charge in [0.05, 0.1) is 30.1 Å². The second kappa shape index (κ2) is 4.78. The third kappa shape index (κ3) is 2.06. The number of nitrogens with zero attached hydrogens (tertiary/aromatic N) is 1. The Morgan fingerprint density at radius 3 is 3.05 bits per heavy atom. The van der Waals surface area contributed by atoms with Gasteiger partial charge in [-0.1, -0.05) is 0 Å². The Balaban J connectivity index is 2.32. The highest BCUT2D eigenvalue weighted by Gasteiger charge is 2.19. The van der Waals surface area contributed by atoms with E-state index in [2.05, 4.69) is 17.2 Å². The molecule has 1 aliphatic rings. The van der Waals surface area contributed by atoms with E-state index in [1.807, 2.05) is 6.07 Å². The Hall–Kier alpha value is -1.68. The van der Waals surface area contributed by atoms with E-state index in [1.54, 1.807) is 6.92 Å². The first-order chi connectivity index (χ1) is 9.20. The fourth-order valence-electron chi connectivity index (χ4n) is 2.57. The summed E-state index contributed by atoms with van der Waals surface area (Å²) in [5.41, 5.74) is 4.56. The second-order valence-corrected chi connectivity index (χ2v) is 4.86. The summed E-state index contributed by atoms with van der Waals surface area (Å²) in [6, 6.07) is 3.39. The Morgan fingerprint density at radius 2 is 2.26 bits per heavy atom. The predicted molar refractivity (Wildman–Crippen MR) is 74.0 cm³/mol. The number of nitrogens with one attached hydrogen (secondary N) is 1. The number of aryl methyl sites for hydroxylation is 1. The van der Waals surface area contributed by atoms with E-state index in [9.17, 15) is 4.39 Å². The van der Waals surface area contributed by atoms with Crippen molar-refractivity contribution in [3.63, 3.8) is 0 Å². The fraction of sp³-hybridized carbons (Fsp3) is 0.400. The summed E-state index contributed by atoms with van der Waals surface area (Å²) in [6.07, 6.45) is 0.791. The van der Waals surface area contributed by atoms with Crippen molar-refractivity contribution in [3.05, 3.63) is 34.8 Å². The number of hydrogen-bond donors (Lipinski definition) is 1. The molecule has 0 atom stereocenters. The molecule has 100 valence electrons. The molecule has 0 amide bonds. The van der Waals surface area contributed by atoms with Gasteiger partial charge in [-0.3, -0.25) is 4.98 Å². The van der Waals surface area contributed by atoms with Gasteiger partial charge in [0.1, 0.15) is 5.82 Å². The molecular weight excluding hydrogens is 243 g/mol. The van der Waals surface area contributed by atoms with Crippen molar-refractivity contribution in [1.82, 2.24) is 4.98 Å². The molecule has 3 rings (SSSR count). The van der Waals surface area contributed by atoms with Crippen LogP contribution in [0.3, 0.4) is 0 Å². The second-order valence-electron chi connectivity index (χ2n) is 4.86. The topological polar surface area (TPSA) is 34.2 Å². The Kier molecular flexibility index (Phi) is 3.11. The summed E-state index contributed by atoms with van der Waals surface area (Å²) in [5.74, 6) is -0.200. The first kappa shape index (κ1) is 12.4. The molecule has 1 aromatic heterocycles. The average molecular weight is 260 g/mol. The number of pyridine rings is 1. The van der Waals surface area contributed by atoms with Crippen molar-refractivity contribution in [2.75, 3.05) is 18.5 Å². The minimum atomic E-state index is -0.200. The monoisotopic (exact) mass is 260 g/mol. The normalized spacial score (nSPS) is 14.5. The third-order valence-electron chi connectivity index (χ3n) is 3.53. The lowest BCUT2D eigenvalue weighted by Gasteiger charge is -2.21. The van der Waals surface area contributed by atoms with Crippen LogP contribution in [-0.4, -0.2) is 18.1 Å². The van der Waals surface area contributed by atoms with Gasteiger partial charge in [-0.2, -0.15) is 0 Å². The summed E-state index contributed by atoms with van der Waals surface area (Å²) in [4.78, 5) is 4.60. The summed E-state index contributed by atoms with van der Waals surface area (Å²) in [5, 5.41) is 4.36. The average Bonchev–Trinajstić information content (AvgIpc) is 2.41. The van der Waals surface area contributed by atoms with Crippen LogP contribution in [0.15, 0.2) is 12.1 Å². The van der Waals surface area contributed by atoms with Gasteiger partial charge in [-0.25, -0.2) is 4.39 Å². The fourth-order valence-corrected chi connectivity index (χ4v) is 2.57. The van der Waals surface area contributed by atoms with E-state index < -0.39 is 0 Å². The van der Waals surface area contributed by atoms with Crippen LogP contribution in [0.25, 0.3) is 10.9 Å². The largest absolute Gasteiger partial charge is 0.384 e. The molecule has 19 heavy (non-hydrogen) atoms. The van der Waals surface area contributed by atoms with Crippen LogP contribution in [-0.2, 0) is 17.8 Å². The van der Waals surface area contributed by atoms with E-state index in [-0.39, 0.29) is 5.82 Å². The first-order valence-electron chi connectivity index (χ1n) is 6.64. The molecule has 0 spiro atoms. The highest BCUT2D eigenvalue weighted by molar-refractivity contribution is 5.94. The van der Waals surface area contributed by atoms with Crippen LogP contribution < -0.4 is 5.32 Å². The van der Waals surface area contributed by atoms with Crippen molar-refractivity contribution in [2.45, 2.75) is 26.9 Å². The van der Waals surface area contributed by atoms with Crippen LogP contribution in [0.4, 0.5) is 10.1 Å². The van der Waals surface area contributed by atoms with Crippen molar-refractivity contribution >= 4 is 16.6 Å². The summed E-state index contributed by atoms with van der Waals surface area (Å²) >= 11 is 0. The lowest BCUT2D eigenvalue weighted by molar-refractivity contribution is 0.110. The molecule has 0 fully saturated rings. The molecule has 1 N–H and O–H groups in total. The zero-order valence-corrected chi connectivity index (χ0v) is 11.2. The zero-order valence-electron chi connectivity index (χ0n) is 11.2. The molecule has 2 heterocycles. The Labute approximate surface area is 111 Å². The number of rotatable bonds is 2. The molecule has 4 heteroatoms.